The number of rotatable bonds is 5. The quantitative estimate of drug-likeness (QED) is 0.671. The summed E-state index contributed by atoms with van der Waals surface area (Å²) < 4.78 is 5.39. The van der Waals surface area contributed by atoms with Gasteiger partial charge in [-0.05, 0) is 36.1 Å². The molecule has 8 heteroatoms. The summed E-state index contributed by atoms with van der Waals surface area (Å²) in [6.45, 7) is 10.1. The molecule has 30 heavy (non-hydrogen) atoms. The van der Waals surface area contributed by atoms with Crippen molar-refractivity contribution in [1.29, 1.82) is 0 Å². The monoisotopic (exact) mass is 406 g/mol. The van der Waals surface area contributed by atoms with Crippen LogP contribution in [0.4, 0.5) is 11.6 Å². The van der Waals surface area contributed by atoms with Gasteiger partial charge >= 0.3 is 6.01 Å². The Morgan fingerprint density at radius 3 is 2.67 bits per heavy atom. The largest absolute Gasteiger partial charge is 0.464 e. The molecule has 1 aromatic carbocycles. The van der Waals surface area contributed by atoms with E-state index in [2.05, 4.69) is 51.2 Å². The van der Waals surface area contributed by atoms with E-state index in [-0.39, 0.29) is 11.3 Å². The lowest BCUT2D eigenvalue weighted by atomic mass is 9.87. The maximum atomic E-state index is 12.7. The third-order valence-corrected chi connectivity index (χ3v) is 5.11. The van der Waals surface area contributed by atoms with Gasteiger partial charge in [0.2, 0.25) is 0 Å². The Kier molecular flexibility index (Phi) is 5.15. The standard InChI is InChI=1S/C22H26N6O2/c1-5-30-21-23-11-10-18(24-21)28-12-16-17(13-28)26-27-19(16)25-20(29)14-6-8-15(9-7-14)22(2,3)4/h6-11H,5,12-13H2,1-4H3,(H2,25,26,27,29). The summed E-state index contributed by atoms with van der Waals surface area (Å²) in [6, 6.07) is 9.90. The smallest absolute Gasteiger partial charge is 0.318 e. The maximum Gasteiger partial charge on any atom is 0.318 e. The first-order chi connectivity index (χ1) is 14.3. The SMILES string of the molecule is CCOc1nccc(N2Cc3[nH]nc(NC(=O)c4ccc(C(C)(C)C)cc4)c3C2)n1. The number of benzene rings is 1. The van der Waals surface area contributed by atoms with Gasteiger partial charge in [0, 0.05) is 17.3 Å². The Labute approximate surface area is 175 Å². The second-order valence-electron chi connectivity index (χ2n) is 8.30. The van der Waals surface area contributed by atoms with Crippen LogP contribution in [0.1, 0.15) is 54.9 Å². The van der Waals surface area contributed by atoms with E-state index in [1.165, 1.54) is 5.56 Å². The molecular weight excluding hydrogens is 380 g/mol. The van der Waals surface area contributed by atoms with Gasteiger partial charge in [-0.2, -0.15) is 10.1 Å². The number of hydrogen-bond donors (Lipinski definition) is 2. The van der Waals surface area contributed by atoms with Crippen LogP contribution in [0.15, 0.2) is 36.5 Å². The van der Waals surface area contributed by atoms with Gasteiger partial charge < -0.3 is 15.0 Å². The van der Waals surface area contributed by atoms with Crippen molar-refractivity contribution in [3.63, 3.8) is 0 Å². The van der Waals surface area contributed by atoms with Crippen LogP contribution in [0.2, 0.25) is 0 Å². The van der Waals surface area contributed by atoms with Crippen LogP contribution in [-0.2, 0) is 18.5 Å². The molecule has 0 fully saturated rings. The maximum absolute atomic E-state index is 12.7. The van der Waals surface area contributed by atoms with E-state index in [1.807, 2.05) is 37.3 Å². The summed E-state index contributed by atoms with van der Waals surface area (Å²) in [5.41, 5.74) is 3.76. The van der Waals surface area contributed by atoms with Gasteiger partial charge in [-0.25, -0.2) is 4.98 Å². The van der Waals surface area contributed by atoms with E-state index < -0.39 is 0 Å². The van der Waals surface area contributed by atoms with Crippen molar-refractivity contribution >= 4 is 17.5 Å². The molecule has 4 rings (SSSR count). The first-order valence-electron chi connectivity index (χ1n) is 10.0. The Morgan fingerprint density at radius 2 is 1.97 bits per heavy atom. The van der Waals surface area contributed by atoms with Crippen molar-refractivity contribution in [2.24, 2.45) is 0 Å². The van der Waals surface area contributed by atoms with Crippen molar-refractivity contribution in [3.05, 3.63) is 58.9 Å². The van der Waals surface area contributed by atoms with E-state index in [0.29, 0.717) is 37.1 Å². The lowest BCUT2D eigenvalue weighted by Gasteiger charge is -2.19. The van der Waals surface area contributed by atoms with Gasteiger partial charge in [0.25, 0.3) is 5.91 Å². The number of aromatic nitrogens is 4. The van der Waals surface area contributed by atoms with Crippen LogP contribution in [0.3, 0.4) is 0 Å². The minimum absolute atomic E-state index is 0.0461. The number of fused-ring (bicyclic) bond motifs is 1. The summed E-state index contributed by atoms with van der Waals surface area (Å²) in [4.78, 5) is 23.4. The highest BCUT2D eigenvalue weighted by atomic mass is 16.5. The molecule has 2 aromatic heterocycles. The predicted molar refractivity (Wildman–Crippen MR) is 115 cm³/mol. The zero-order chi connectivity index (χ0) is 21.3. The molecule has 0 aliphatic carbocycles. The third kappa shape index (κ3) is 3.98. The molecule has 0 spiro atoms. The van der Waals surface area contributed by atoms with Crippen LogP contribution in [0.25, 0.3) is 0 Å². The fourth-order valence-corrected chi connectivity index (χ4v) is 3.41. The Balaban J connectivity index is 1.47. The van der Waals surface area contributed by atoms with Crippen LogP contribution < -0.4 is 15.0 Å². The lowest BCUT2D eigenvalue weighted by molar-refractivity contribution is 0.102. The number of nitrogens with one attached hydrogen (secondary N) is 2. The van der Waals surface area contributed by atoms with E-state index >= 15 is 0 Å². The molecule has 1 amide bonds. The summed E-state index contributed by atoms with van der Waals surface area (Å²) in [5.74, 6) is 1.15. The number of aromatic amines is 1. The average molecular weight is 406 g/mol. The summed E-state index contributed by atoms with van der Waals surface area (Å²) >= 11 is 0. The van der Waals surface area contributed by atoms with Crippen molar-refractivity contribution < 1.29 is 9.53 Å². The molecular formula is C22H26N6O2. The number of carbonyl (C=O) groups excluding carboxylic acids is 1. The highest BCUT2D eigenvalue weighted by molar-refractivity contribution is 6.04. The van der Waals surface area contributed by atoms with E-state index in [9.17, 15) is 4.79 Å². The molecule has 156 valence electrons. The third-order valence-electron chi connectivity index (χ3n) is 5.11. The summed E-state index contributed by atoms with van der Waals surface area (Å²) in [7, 11) is 0. The average Bonchev–Trinajstić information content (AvgIpc) is 3.30. The Bertz CT molecular complexity index is 1050. The minimum atomic E-state index is -0.177. The number of carbonyl (C=O) groups is 1. The number of nitrogens with zero attached hydrogens (tertiary/aromatic N) is 4. The van der Waals surface area contributed by atoms with Gasteiger partial charge in [-0.1, -0.05) is 32.9 Å². The predicted octanol–water partition coefficient (Wildman–Crippen LogP) is 3.67. The second-order valence-corrected chi connectivity index (χ2v) is 8.30. The molecule has 0 saturated carbocycles. The summed E-state index contributed by atoms with van der Waals surface area (Å²) in [6.07, 6.45) is 1.68. The Hall–Kier alpha value is -3.42. The topological polar surface area (TPSA) is 96.0 Å². The number of anilines is 2. The van der Waals surface area contributed by atoms with Gasteiger partial charge in [-0.3, -0.25) is 9.89 Å². The van der Waals surface area contributed by atoms with Gasteiger partial charge in [-0.15, -0.1) is 0 Å². The number of hydrogen-bond acceptors (Lipinski definition) is 6. The first kappa shape index (κ1) is 19.9. The van der Waals surface area contributed by atoms with Crippen molar-refractivity contribution in [2.45, 2.75) is 46.2 Å². The molecule has 0 atom stereocenters. The normalized spacial score (nSPS) is 13.3. The molecule has 0 radical (unpaired) electrons. The zero-order valence-corrected chi connectivity index (χ0v) is 17.7. The number of H-pyrrole nitrogens is 1. The Morgan fingerprint density at radius 1 is 1.20 bits per heavy atom. The van der Waals surface area contributed by atoms with Crippen molar-refractivity contribution in [3.8, 4) is 6.01 Å². The molecule has 8 nitrogen and oxygen atoms in total. The molecule has 1 aliphatic heterocycles. The van der Waals surface area contributed by atoms with Gasteiger partial charge in [0.15, 0.2) is 5.82 Å². The second kappa shape index (κ2) is 7.78. The number of ether oxygens (including phenoxy) is 1. The fraction of sp³-hybridized carbons (Fsp3) is 0.364. The van der Waals surface area contributed by atoms with E-state index in [0.717, 1.165) is 17.1 Å². The van der Waals surface area contributed by atoms with Crippen LogP contribution in [0.5, 0.6) is 6.01 Å². The molecule has 3 heterocycles. The highest BCUT2D eigenvalue weighted by Crippen LogP contribution is 2.31. The molecule has 3 aromatic rings. The van der Waals surface area contributed by atoms with E-state index in [1.54, 1.807) is 6.20 Å². The van der Waals surface area contributed by atoms with Gasteiger partial charge in [0.1, 0.15) is 5.82 Å². The molecule has 2 N–H and O–H groups in total. The first-order valence-corrected chi connectivity index (χ1v) is 10.0. The van der Waals surface area contributed by atoms with Crippen LogP contribution >= 0.6 is 0 Å². The van der Waals surface area contributed by atoms with E-state index in [4.69, 9.17) is 4.74 Å². The molecule has 0 saturated heterocycles. The molecule has 0 bridgehead atoms. The molecule has 1 aliphatic rings. The van der Waals surface area contributed by atoms with Gasteiger partial charge in [0.05, 0.1) is 25.4 Å². The van der Waals surface area contributed by atoms with Crippen LogP contribution in [0, 0.1) is 0 Å². The zero-order valence-electron chi connectivity index (χ0n) is 17.7. The van der Waals surface area contributed by atoms with Crippen molar-refractivity contribution in [1.82, 2.24) is 20.2 Å². The highest BCUT2D eigenvalue weighted by Gasteiger charge is 2.27. The number of amides is 1. The fourth-order valence-electron chi connectivity index (χ4n) is 3.41. The minimum Gasteiger partial charge on any atom is -0.464 e. The lowest BCUT2D eigenvalue weighted by Crippen LogP contribution is -2.19. The molecule has 0 unspecified atom stereocenters. The van der Waals surface area contributed by atoms with Crippen LogP contribution in [-0.4, -0.2) is 32.7 Å². The summed E-state index contributed by atoms with van der Waals surface area (Å²) in [5, 5.41) is 10.3. The van der Waals surface area contributed by atoms with Crippen molar-refractivity contribution in [2.75, 3.05) is 16.8 Å².